The van der Waals surface area contributed by atoms with Crippen molar-refractivity contribution in [1.29, 1.82) is 0 Å². The van der Waals surface area contributed by atoms with Crippen LogP contribution < -0.4 is 0 Å². The number of Topliss-reactive ketones (excluding diaryl/α,β-unsaturated/α-hetero) is 1. The van der Waals surface area contributed by atoms with Gasteiger partial charge < -0.3 is 4.74 Å². The van der Waals surface area contributed by atoms with Crippen molar-refractivity contribution in [2.75, 3.05) is 0 Å². The maximum absolute atomic E-state index is 12.7. The lowest BCUT2D eigenvalue weighted by molar-refractivity contribution is 0.0314. The number of hydrogen-bond donors (Lipinski definition) is 1. The van der Waals surface area contributed by atoms with Crippen LogP contribution in [0.5, 0.6) is 0 Å². The third-order valence-electron chi connectivity index (χ3n) is 4.42. The summed E-state index contributed by atoms with van der Waals surface area (Å²) in [5.41, 5.74) is 4.55. The molecular formula is C20H20N2O3. The van der Waals surface area contributed by atoms with Crippen molar-refractivity contribution >= 4 is 22.7 Å². The highest BCUT2D eigenvalue weighted by Gasteiger charge is 2.24. The van der Waals surface area contributed by atoms with E-state index in [1.165, 1.54) is 0 Å². The molecule has 128 valence electrons. The largest absolute Gasteiger partial charge is 0.449 e. The molecule has 0 saturated heterocycles. The van der Waals surface area contributed by atoms with E-state index in [-0.39, 0.29) is 11.5 Å². The van der Waals surface area contributed by atoms with Crippen LogP contribution in [0.25, 0.3) is 10.9 Å². The van der Waals surface area contributed by atoms with Gasteiger partial charge in [0, 0.05) is 10.9 Å². The third kappa shape index (κ3) is 3.18. The Morgan fingerprint density at radius 3 is 2.48 bits per heavy atom. The molecule has 1 atom stereocenters. The Kier molecular flexibility index (Phi) is 4.40. The van der Waals surface area contributed by atoms with Gasteiger partial charge in [-0.25, -0.2) is 4.79 Å². The maximum Gasteiger partial charge on any atom is 0.360 e. The minimum Gasteiger partial charge on any atom is -0.449 e. The van der Waals surface area contributed by atoms with E-state index in [0.717, 1.165) is 22.2 Å². The molecule has 2 aromatic carbocycles. The Labute approximate surface area is 146 Å². The van der Waals surface area contributed by atoms with Crippen LogP contribution in [0.1, 0.15) is 44.5 Å². The number of rotatable bonds is 4. The number of aryl methyl sites for hydroxylation is 3. The van der Waals surface area contributed by atoms with Gasteiger partial charge in [-0.3, -0.25) is 9.89 Å². The van der Waals surface area contributed by atoms with Crippen molar-refractivity contribution in [2.45, 2.75) is 33.8 Å². The van der Waals surface area contributed by atoms with Gasteiger partial charge in [0.05, 0.1) is 5.52 Å². The van der Waals surface area contributed by atoms with Gasteiger partial charge in [-0.1, -0.05) is 24.3 Å². The van der Waals surface area contributed by atoms with Crippen LogP contribution in [0.3, 0.4) is 0 Å². The fourth-order valence-corrected chi connectivity index (χ4v) is 2.83. The van der Waals surface area contributed by atoms with Crippen molar-refractivity contribution in [1.82, 2.24) is 10.2 Å². The zero-order valence-corrected chi connectivity index (χ0v) is 14.7. The standard InChI is InChI=1S/C20H20N2O3/c1-11-9-13(3)16(10-12(11)2)19(23)14(4)25-20(24)18-15-7-5-6-8-17(15)21-22-18/h5-10,14H,1-4H3,(H,21,22). The summed E-state index contributed by atoms with van der Waals surface area (Å²) >= 11 is 0. The zero-order valence-electron chi connectivity index (χ0n) is 14.7. The summed E-state index contributed by atoms with van der Waals surface area (Å²) in [5, 5.41) is 7.48. The molecule has 0 aliphatic heterocycles. The molecule has 0 amide bonds. The molecule has 1 unspecified atom stereocenters. The molecule has 0 aliphatic carbocycles. The van der Waals surface area contributed by atoms with Crippen molar-refractivity contribution in [3.8, 4) is 0 Å². The van der Waals surface area contributed by atoms with Gasteiger partial charge in [0.1, 0.15) is 0 Å². The first-order valence-corrected chi connectivity index (χ1v) is 8.14. The summed E-state index contributed by atoms with van der Waals surface area (Å²) < 4.78 is 5.37. The number of ketones is 1. The summed E-state index contributed by atoms with van der Waals surface area (Å²) in [6.07, 6.45) is -0.885. The van der Waals surface area contributed by atoms with E-state index in [0.29, 0.717) is 10.9 Å². The molecule has 3 rings (SSSR count). The zero-order chi connectivity index (χ0) is 18.1. The van der Waals surface area contributed by atoms with E-state index < -0.39 is 12.1 Å². The Hall–Kier alpha value is -2.95. The van der Waals surface area contributed by atoms with Crippen molar-refractivity contribution in [3.63, 3.8) is 0 Å². The fourth-order valence-electron chi connectivity index (χ4n) is 2.83. The van der Waals surface area contributed by atoms with Gasteiger partial charge in [0.15, 0.2) is 11.8 Å². The number of aromatic amines is 1. The molecule has 0 aliphatic rings. The smallest absolute Gasteiger partial charge is 0.360 e. The Morgan fingerprint density at radius 1 is 1.04 bits per heavy atom. The number of nitrogens with one attached hydrogen (secondary N) is 1. The summed E-state index contributed by atoms with van der Waals surface area (Å²) in [5.74, 6) is -0.825. The average Bonchev–Trinajstić information content (AvgIpc) is 3.01. The lowest BCUT2D eigenvalue weighted by atomic mass is 9.96. The van der Waals surface area contributed by atoms with Crippen LogP contribution in [0.15, 0.2) is 36.4 Å². The number of carbonyl (C=O) groups excluding carboxylic acids is 2. The second-order valence-electron chi connectivity index (χ2n) is 6.28. The number of nitrogens with zero attached hydrogens (tertiary/aromatic N) is 1. The van der Waals surface area contributed by atoms with E-state index in [1.54, 1.807) is 13.0 Å². The average molecular weight is 336 g/mol. The lowest BCUT2D eigenvalue weighted by Gasteiger charge is -2.14. The molecule has 3 aromatic rings. The molecule has 1 aromatic heterocycles. The molecule has 0 bridgehead atoms. The first-order chi connectivity index (χ1) is 11.9. The van der Waals surface area contributed by atoms with Gasteiger partial charge in [0.25, 0.3) is 0 Å². The molecule has 25 heavy (non-hydrogen) atoms. The lowest BCUT2D eigenvalue weighted by Crippen LogP contribution is -2.25. The normalized spacial score (nSPS) is 12.2. The van der Waals surface area contributed by atoms with Crippen molar-refractivity contribution in [2.24, 2.45) is 0 Å². The van der Waals surface area contributed by atoms with E-state index in [1.807, 2.05) is 51.1 Å². The number of para-hydroxylation sites is 1. The van der Waals surface area contributed by atoms with Gasteiger partial charge >= 0.3 is 5.97 Å². The summed E-state index contributed by atoms with van der Waals surface area (Å²) in [7, 11) is 0. The highest BCUT2D eigenvalue weighted by atomic mass is 16.5. The number of esters is 1. The molecule has 0 radical (unpaired) electrons. The van der Waals surface area contributed by atoms with E-state index >= 15 is 0 Å². The fraction of sp³-hybridized carbons (Fsp3) is 0.250. The highest BCUT2D eigenvalue weighted by Crippen LogP contribution is 2.20. The van der Waals surface area contributed by atoms with Crippen LogP contribution in [0.4, 0.5) is 0 Å². The molecule has 0 spiro atoms. The van der Waals surface area contributed by atoms with Crippen molar-refractivity contribution in [3.05, 3.63) is 64.3 Å². The highest BCUT2D eigenvalue weighted by molar-refractivity contribution is 6.05. The van der Waals surface area contributed by atoms with Gasteiger partial charge in [-0.05, 0) is 56.5 Å². The third-order valence-corrected chi connectivity index (χ3v) is 4.42. The molecular weight excluding hydrogens is 316 g/mol. The molecule has 0 saturated carbocycles. The van der Waals surface area contributed by atoms with E-state index in [4.69, 9.17) is 4.74 Å². The predicted molar refractivity (Wildman–Crippen MR) is 96.0 cm³/mol. The number of H-pyrrole nitrogens is 1. The Bertz CT molecular complexity index is 972. The van der Waals surface area contributed by atoms with Crippen LogP contribution in [-0.4, -0.2) is 28.1 Å². The Morgan fingerprint density at radius 2 is 1.72 bits per heavy atom. The number of benzene rings is 2. The summed E-state index contributed by atoms with van der Waals surface area (Å²) in [6, 6.07) is 11.1. The number of carbonyl (C=O) groups is 2. The van der Waals surface area contributed by atoms with Gasteiger partial charge in [-0.2, -0.15) is 5.10 Å². The first-order valence-electron chi connectivity index (χ1n) is 8.14. The molecule has 1 N–H and O–H groups in total. The summed E-state index contributed by atoms with van der Waals surface area (Å²) in [6.45, 7) is 7.43. The monoisotopic (exact) mass is 336 g/mol. The molecule has 1 heterocycles. The molecule has 0 fully saturated rings. The second kappa shape index (κ2) is 6.51. The predicted octanol–water partition coefficient (Wildman–Crippen LogP) is 3.92. The minimum absolute atomic E-state index is 0.187. The van der Waals surface area contributed by atoms with Gasteiger partial charge in [-0.15, -0.1) is 0 Å². The topological polar surface area (TPSA) is 72.1 Å². The number of fused-ring (bicyclic) bond motifs is 1. The number of aromatic nitrogens is 2. The maximum atomic E-state index is 12.7. The number of hydrogen-bond acceptors (Lipinski definition) is 4. The van der Waals surface area contributed by atoms with Crippen LogP contribution in [0.2, 0.25) is 0 Å². The van der Waals surface area contributed by atoms with E-state index in [2.05, 4.69) is 10.2 Å². The van der Waals surface area contributed by atoms with Crippen LogP contribution in [0, 0.1) is 20.8 Å². The molecule has 5 heteroatoms. The van der Waals surface area contributed by atoms with Crippen LogP contribution in [-0.2, 0) is 4.74 Å². The second-order valence-corrected chi connectivity index (χ2v) is 6.28. The SMILES string of the molecule is Cc1cc(C)c(C(=O)C(C)OC(=O)c2n[nH]c3ccccc23)cc1C. The minimum atomic E-state index is -0.885. The van der Waals surface area contributed by atoms with Crippen molar-refractivity contribution < 1.29 is 14.3 Å². The molecule has 5 nitrogen and oxygen atoms in total. The number of ether oxygens (including phenoxy) is 1. The summed E-state index contributed by atoms with van der Waals surface area (Å²) in [4.78, 5) is 25.1. The van der Waals surface area contributed by atoms with Gasteiger partial charge in [0.2, 0.25) is 5.78 Å². The first kappa shape index (κ1) is 16.9. The quantitative estimate of drug-likeness (QED) is 0.579. The van der Waals surface area contributed by atoms with E-state index in [9.17, 15) is 9.59 Å². The van der Waals surface area contributed by atoms with Crippen LogP contribution >= 0.6 is 0 Å². The Balaban J connectivity index is 1.82.